The summed E-state index contributed by atoms with van der Waals surface area (Å²) in [5.41, 5.74) is 1.59. The fourth-order valence-electron chi connectivity index (χ4n) is 1.86. The van der Waals surface area contributed by atoms with Gasteiger partial charge in [0.2, 0.25) is 0 Å². The molecule has 0 nitrogen and oxygen atoms in total. The van der Waals surface area contributed by atoms with E-state index >= 15 is 0 Å². The molecule has 1 rings (SSSR count). The van der Waals surface area contributed by atoms with Crippen molar-refractivity contribution in [2.75, 3.05) is 0 Å². The van der Waals surface area contributed by atoms with Gasteiger partial charge in [-0.3, -0.25) is 0 Å². The topological polar surface area (TPSA) is 0 Å². The minimum Gasteiger partial charge on any atom is -0.0828 e. The standard InChI is InChI=1S/C10H18/c1-8-4-5-9(2)7-10(3)6-8/h6,9-10H,4-5,7H2,1-3H3. The monoisotopic (exact) mass is 138 g/mol. The fraction of sp³-hybridized carbons (Fsp3) is 0.800. The molecule has 1 aliphatic carbocycles. The van der Waals surface area contributed by atoms with E-state index < -0.39 is 0 Å². The zero-order valence-electron chi connectivity index (χ0n) is 7.35. The Morgan fingerprint density at radius 1 is 1.40 bits per heavy atom. The Morgan fingerprint density at radius 3 is 2.80 bits per heavy atom. The second-order valence-corrected chi connectivity index (χ2v) is 3.87. The summed E-state index contributed by atoms with van der Waals surface area (Å²) in [6.45, 7) is 6.95. The van der Waals surface area contributed by atoms with E-state index in [1.54, 1.807) is 5.57 Å². The summed E-state index contributed by atoms with van der Waals surface area (Å²) in [5, 5.41) is 0. The van der Waals surface area contributed by atoms with Gasteiger partial charge in [0, 0.05) is 0 Å². The lowest BCUT2D eigenvalue weighted by Crippen LogP contribution is -1.97. The molecule has 0 aromatic carbocycles. The second-order valence-electron chi connectivity index (χ2n) is 3.87. The van der Waals surface area contributed by atoms with E-state index in [2.05, 4.69) is 26.8 Å². The first-order valence-corrected chi connectivity index (χ1v) is 4.36. The molecular weight excluding hydrogens is 120 g/mol. The van der Waals surface area contributed by atoms with Gasteiger partial charge in [0.1, 0.15) is 0 Å². The fourth-order valence-corrected chi connectivity index (χ4v) is 1.86. The van der Waals surface area contributed by atoms with E-state index in [0.29, 0.717) is 0 Å². The number of hydrogen-bond acceptors (Lipinski definition) is 0. The summed E-state index contributed by atoms with van der Waals surface area (Å²) in [4.78, 5) is 0. The molecule has 0 aromatic rings. The molecule has 10 heavy (non-hydrogen) atoms. The summed E-state index contributed by atoms with van der Waals surface area (Å²) in [5.74, 6) is 1.75. The van der Waals surface area contributed by atoms with Crippen molar-refractivity contribution < 1.29 is 0 Å². The number of allylic oxidation sites excluding steroid dienone is 2. The molecule has 0 aliphatic heterocycles. The van der Waals surface area contributed by atoms with Gasteiger partial charge in [-0.2, -0.15) is 0 Å². The molecule has 0 fully saturated rings. The van der Waals surface area contributed by atoms with E-state index in [4.69, 9.17) is 0 Å². The van der Waals surface area contributed by atoms with Crippen molar-refractivity contribution in [3.63, 3.8) is 0 Å². The van der Waals surface area contributed by atoms with Crippen LogP contribution in [0.1, 0.15) is 40.0 Å². The maximum absolute atomic E-state index is 2.43. The zero-order chi connectivity index (χ0) is 7.56. The van der Waals surface area contributed by atoms with Gasteiger partial charge in [-0.25, -0.2) is 0 Å². The van der Waals surface area contributed by atoms with Crippen LogP contribution in [0, 0.1) is 11.8 Å². The quantitative estimate of drug-likeness (QED) is 0.450. The lowest BCUT2D eigenvalue weighted by atomic mass is 9.97. The van der Waals surface area contributed by atoms with Crippen LogP contribution >= 0.6 is 0 Å². The average Bonchev–Trinajstić information content (AvgIpc) is 1.93. The van der Waals surface area contributed by atoms with Gasteiger partial charge in [0.25, 0.3) is 0 Å². The molecule has 0 aromatic heterocycles. The third-order valence-corrected chi connectivity index (χ3v) is 2.37. The predicted molar refractivity (Wildman–Crippen MR) is 45.9 cm³/mol. The Labute approximate surface area is 64.3 Å². The molecule has 2 unspecified atom stereocenters. The maximum Gasteiger partial charge on any atom is -0.0257 e. The highest BCUT2D eigenvalue weighted by atomic mass is 14.2. The van der Waals surface area contributed by atoms with Crippen molar-refractivity contribution in [1.29, 1.82) is 0 Å². The SMILES string of the molecule is CC1=CC(C)CC(C)CC1. The predicted octanol–water partition coefficient (Wildman–Crippen LogP) is 3.39. The minimum atomic E-state index is 0.817. The minimum absolute atomic E-state index is 0.817. The summed E-state index contributed by atoms with van der Waals surface area (Å²) >= 11 is 0. The van der Waals surface area contributed by atoms with E-state index in [1.165, 1.54) is 19.3 Å². The second kappa shape index (κ2) is 3.23. The van der Waals surface area contributed by atoms with Gasteiger partial charge in [-0.15, -0.1) is 0 Å². The molecule has 0 saturated carbocycles. The highest BCUT2D eigenvalue weighted by Gasteiger charge is 2.10. The highest BCUT2D eigenvalue weighted by Crippen LogP contribution is 2.25. The van der Waals surface area contributed by atoms with Gasteiger partial charge in [-0.05, 0) is 38.0 Å². The lowest BCUT2D eigenvalue weighted by Gasteiger charge is -2.09. The van der Waals surface area contributed by atoms with Crippen molar-refractivity contribution >= 4 is 0 Å². The van der Waals surface area contributed by atoms with Crippen molar-refractivity contribution in [3.05, 3.63) is 11.6 Å². The van der Waals surface area contributed by atoms with Crippen molar-refractivity contribution in [2.24, 2.45) is 11.8 Å². The van der Waals surface area contributed by atoms with Gasteiger partial charge in [-0.1, -0.05) is 25.5 Å². The van der Waals surface area contributed by atoms with Crippen LogP contribution < -0.4 is 0 Å². The summed E-state index contributed by atoms with van der Waals surface area (Å²) < 4.78 is 0. The molecule has 2 atom stereocenters. The van der Waals surface area contributed by atoms with Crippen molar-refractivity contribution in [3.8, 4) is 0 Å². The Hall–Kier alpha value is -0.260. The average molecular weight is 138 g/mol. The molecule has 0 radical (unpaired) electrons. The Kier molecular flexibility index (Phi) is 2.53. The smallest absolute Gasteiger partial charge is 0.0257 e. The third kappa shape index (κ3) is 2.17. The largest absolute Gasteiger partial charge is 0.0828 e. The molecule has 1 aliphatic rings. The van der Waals surface area contributed by atoms with Crippen LogP contribution in [0.5, 0.6) is 0 Å². The van der Waals surface area contributed by atoms with Gasteiger partial charge in [0.15, 0.2) is 0 Å². The zero-order valence-corrected chi connectivity index (χ0v) is 7.35. The first-order valence-electron chi connectivity index (χ1n) is 4.36. The van der Waals surface area contributed by atoms with Crippen molar-refractivity contribution in [2.45, 2.75) is 40.0 Å². The molecule has 0 spiro atoms. The van der Waals surface area contributed by atoms with Crippen LogP contribution in [-0.4, -0.2) is 0 Å². The molecular formula is C10H18. The molecule has 0 bridgehead atoms. The number of hydrogen-bond donors (Lipinski definition) is 0. The van der Waals surface area contributed by atoms with E-state index in [1.807, 2.05) is 0 Å². The van der Waals surface area contributed by atoms with Crippen molar-refractivity contribution in [1.82, 2.24) is 0 Å². The van der Waals surface area contributed by atoms with Crippen LogP contribution in [0.4, 0.5) is 0 Å². The van der Waals surface area contributed by atoms with Crippen LogP contribution in [0.15, 0.2) is 11.6 Å². The van der Waals surface area contributed by atoms with E-state index in [0.717, 1.165) is 11.8 Å². The summed E-state index contributed by atoms with van der Waals surface area (Å²) in [6.07, 6.45) is 6.54. The Morgan fingerprint density at radius 2 is 2.10 bits per heavy atom. The third-order valence-electron chi connectivity index (χ3n) is 2.37. The molecule has 0 heterocycles. The Bertz CT molecular complexity index is 133. The van der Waals surface area contributed by atoms with Crippen LogP contribution in [0.2, 0.25) is 0 Å². The molecule has 0 saturated heterocycles. The lowest BCUT2D eigenvalue weighted by molar-refractivity contribution is 0.454. The van der Waals surface area contributed by atoms with E-state index in [-0.39, 0.29) is 0 Å². The van der Waals surface area contributed by atoms with Crippen LogP contribution in [0.3, 0.4) is 0 Å². The van der Waals surface area contributed by atoms with Gasteiger partial charge < -0.3 is 0 Å². The molecule has 58 valence electrons. The van der Waals surface area contributed by atoms with Gasteiger partial charge >= 0.3 is 0 Å². The maximum atomic E-state index is 2.43. The Balaban J connectivity index is 2.53. The van der Waals surface area contributed by atoms with E-state index in [9.17, 15) is 0 Å². The van der Waals surface area contributed by atoms with Gasteiger partial charge in [0.05, 0.1) is 0 Å². The molecule has 0 amide bonds. The summed E-state index contributed by atoms with van der Waals surface area (Å²) in [7, 11) is 0. The van der Waals surface area contributed by atoms with Crippen LogP contribution in [0.25, 0.3) is 0 Å². The number of rotatable bonds is 0. The highest BCUT2D eigenvalue weighted by molar-refractivity contribution is 5.02. The first-order chi connectivity index (χ1) is 4.68. The summed E-state index contributed by atoms with van der Waals surface area (Å²) in [6, 6.07) is 0. The first kappa shape index (κ1) is 7.84. The normalized spacial score (nSPS) is 34.9. The molecule has 0 N–H and O–H groups in total. The molecule has 0 heteroatoms. The van der Waals surface area contributed by atoms with Crippen LogP contribution in [-0.2, 0) is 0 Å².